The van der Waals surface area contributed by atoms with Crippen molar-refractivity contribution in [3.05, 3.63) is 0 Å². The Hall–Kier alpha value is -0.650. The molecule has 3 fully saturated rings. The molecule has 5 heteroatoms. The Bertz CT molecular complexity index is 403. The van der Waals surface area contributed by atoms with Crippen LogP contribution in [0.5, 0.6) is 0 Å². The molecule has 0 N–H and O–H groups in total. The number of rotatable bonds is 7. The molecule has 0 radical (unpaired) electrons. The zero-order valence-electron chi connectivity index (χ0n) is 14.8. The highest BCUT2D eigenvalue weighted by Crippen LogP contribution is 2.45. The number of amides is 1. The van der Waals surface area contributed by atoms with E-state index in [1.165, 1.54) is 12.8 Å². The van der Waals surface area contributed by atoms with E-state index in [9.17, 15) is 4.79 Å². The first-order valence-corrected chi connectivity index (χ1v) is 9.15. The summed E-state index contributed by atoms with van der Waals surface area (Å²) in [6.45, 7) is 6.74. The van der Waals surface area contributed by atoms with Crippen LogP contribution >= 0.6 is 0 Å². The first kappa shape index (κ1) is 17.2. The summed E-state index contributed by atoms with van der Waals surface area (Å²) in [6, 6.07) is 0. The third-order valence-electron chi connectivity index (χ3n) is 6.13. The van der Waals surface area contributed by atoms with Gasteiger partial charge < -0.3 is 19.3 Å². The summed E-state index contributed by atoms with van der Waals surface area (Å²) < 4.78 is 10.7. The average molecular weight is 324 g/mol. The van der Waals surface area contributed by atoms with E-state index >= 15 is 0 Å². The fourth-order valence-electron chi connectivity index (χ4n) is 4.43. The molecule has 0 aromatic heterocycles. The SMILES string of the molecule is COCCN1CC(COC)C2(CCN(C(=O)CC3CC3)CC2)C1. The first-order valence-electron chi connectivity index (χ1n) is 9.15. The maximum Gasteiger partial charge on any atom is 0.222 e. The highest BCUT2D eigenvalue weighted by Gasteiger charge is 2.48. The summed E-state index contributed by atoms with van der Waals surface area (Å²) in [5.74, 6) is 1.67. The van der Waals surface area contributed by atoms with Gasteiger partial charge in [0.25, 0.3) is 0 Å². The normalized spacial score (nSPS) is 27.7. The summed E-state index contributed by atoms with van der Waals surface area (Å²) in [4.78, 5) is 17.0. The monoisotopic (exact) mass is 324 g/mol. The minimum Gasteiger partial charge on any atom is -0.384 e. The number of nitrogens with zero attached hydrogens (tertiary/aromatic N) is 2. The van der Waals surface area contributed by atoms with Gasteiger partial charge in [0.05, 0.1) is 13.2 Å². The van der Waals surface area contributed by atoms with E-state index in [0.29, 0.717) is 23.2 Å². The molecule has 2 aliphatic heterocycles. The van der Waals surface area contributed by atoms with Crippen LogP contribution in [0.15, 0.2) is 0 Å². The molecule has 0 bridgehead atoms. The molecule has 1 aliphatic carbocycles. The number of carbonyl (C=O) groups excluding carboxylic acids is 1. The van der Waals surface area contributed by atoms with Gasteiger partial charge in [-0.2, -0.15) is 0 Å². The lowest BCUT2D eigenvalue weighted by Gasteiger charge is -2.42. The van der Waals surface area contributed by atoms with Gasteiger partial charge in [0.15, 0.2) is 0 Å². The van der Waals surface area contributed by atoms with Crippen molar-refractivity contribution in [2.24, 2.45) is 17.3 Å². The standard InChI is InChI=1S/C18H32N2O3/c1-22-10-9-19-12-16(13-23-2)18(14-19)5-7-20(8-6-18)17(21)11-15-3-4-15/h15-16H,3-14H2,1-2H3. The molecule has 132 valence electrons. The second-order valence-corrected chi connectivity index (χ2v) is 7.77. The van der Waals surface area contributed by atoms with Gasteiger partial charge in [0.2, 0.25) is 5.91 Å². The van der Waals surface area contributed by atoms with Gasteiger partial charge in [0.1, 0.15) is 0 Å². The molecule has 1 unspecified atom stereocenters. The second-order valence-electron chi connectivity index (χ2n) is 7.77. The van der Waals surface area contributed by atoms with Gasteiger partial charge in [-0.3, -0.25) is 4.79 Å². The van der Waals surface area contributed by atoms with Crippen LogP contribution in [-0.4, -0.2) is 75.9 Å². The van der Waals surface area contributed by atoms with E-state index < -0.39 is 0 Å². The number of piperidine rings is 1. The molecule has 0 aromatic carbocycles. The van der Waals surface area contributed by atoms with Crippen LogP contribution in [0.1, 0.15) is 32.1 Å². The van der Waals surface area contributed by atoms with Crippen molar-refractivity contribution in [1.29, 1.82) is 0 Å². The van der Waals surface area contributed by atoms with Crippen LogP contribution in [0.25, 0.3) is 0 Å². The quantitative estimate of drug-likeness (QED) is 0.714. The molecule has 3 rings (SSSR count). The Morgan fingerprint density at radius 3 is 2.52 bits per heavy atom. The molecule has 1 spiro atoms. The number of methoxy groups -OCH3 is 2. The van der Waals surface area contributed by atoms with E-state index in [1.54, 1.807) is 14.2 Å². The lowest BCUT2D eigenvalue weighted by Crippen LogP contribution is -2.47. The van der Waals surface area contributed by atoms with E-state index in [1.807, 2.05) is 0 Å². The van der Waals surface area contributed by atoms with Crippen molar-refractivity contribution in [3.8, 4) is 0 Å². The zero-order valence-corrected chi connectivity index (χ0v) is 14.8. The molecule has 1 amide bonds. The molecular formula is C18H32N2O3. The van der Waals surface area contributed by atoms with E-state index in [-0.39, 0.29) is 0 Å². The van der Waals surface area contributed by atoms with Gasteiger partial charge in [0, 0.05) is 59.3 Å². The van der Waals surface area contributed by atoms with Crippen molar-refractivity contribution in [2.75, 3.05) is 60.2 Å². The van der Waals surface area contributed by atoms with Crippen molar-refractivity contribution in [1.82, 2.24) is 9.80 Å². The third kappa shape index (κ3) is 4.06. The predicted molar refractivity (Wildman–Crippen MR) is 89.3 cm³/mol. The summed E-state index contributed by atoms with van der Waals surface area (Å²) in [5.41, 5.74) is 0.333. The van der Waals surface area contributed by atoms with Crippen molar-refractivity contribution < 1.29 is 14.3 Å². The minimum atomic E-state index is 0.333. The Labute approximate surface area is 140 Å². The molecular weight excluding hydrogens is 292 g/mol. The van der Waals surface area contributed by atoms with Crippen LogP contribution in [0.2, 0.25) is 0 Å². The van der Waals surface area contributed by atoms with Gasteiger partial charge in [-0.15, -0.1) is 0 Å². The summed E-state index contributed by atoms with van der Waals surface area (Å²) in [7, 11) is 3.57. The Morgan fingerprint density at radius 1 is 1.17 bits per heavy atom. The predicted octanol–water partition coefficient (Wildman–Crippen LogP) is 1.62. The Balaban J connectivity index is 1.55. The highest BCUT2D eigenvalue weighted by molar-refractivity contribution is 5.76. The van der Waals surface area contributed by atoms with Gasteiger partial charge in [-0.05, 0) is 37.0 Å². The van der Waals surface area contributed by atoms with Crippen LogP contribution in [0.4, 0.5) is 0 Å². The van der Waals surface area contributed by atoms with E-state index in [2.05, 4.69) is 9.80 Å². The Kier molecular flexibility index (Phi) is 5.60. The zero-order chi connectivity index (χ0) is 16.3. The second kappa shape index (κ2) is 7.49. The van der Waals surface area contributed by atoms with Gasteiger partial charge in [-0.1, -0.05) is 0 Å². The summed E-state index contributed by atoms with van der Waals surface area (Å²) in [5, 5.41) is 0. The Morgan fingerprint density at radius 2 is 1.91 bits per heavy atom. The fourth-order valence-corrected chi connectivity index (χ4v) is 4.43. The number of likely N-dealkylation sites (tertiary alicyclic amines) is 2. The molecule has 2 heterocycles. The lowest BCUT2D eigenvalue weighted by atomic mass is 9.71. The fraction of sp³-hybridized carbons (Fsp3) is 0.944. The van der Waals surface area contributed by atoms with Crippen molar-refractivity contribution in [2.45, 2.75) is 32.1 Å². The third-order valence-corrected chi connectivity index (χ3v) is 6.13. The van der Waals surface area contributed by atoms with Crippen LogP contribution in [-0.2, 0) is 14.3 Å². The van der Waals surface area contributed by atoms with Gasteiger partial charge in [-0.25, -0.2) is 0 Å². The highest BCUT2D eigenvalue weighted by atomic mass is 16.5. The smallest absolute Gasteiger partial charge is 0.222 e. The molecule has 0 aromatic rings. The van der Waals surface area contributed by atoms with Crippen LogP contribution in [0, 0.1) is 17.3 Å². The lowest BCUT2D eigenvalue weighted by molar-refractivity contribution is -0.134. The molecule has 1 saturated carbocycles. The van der Waals surface area contributed by atoms with Crippen molar-refractivity contribution in [3.63, 3.8) is 0 Å². The molecule has 2 saturated heterocycles. The largest absolute Gasteiger partial charge is 0.384 e. The topological polar surface area (TPSA) is 42.0 Å². The van der Waals surface area contributed by atoms with E-state index in [0.717, 1.165) is 65.2 Å². The molecule has 23 heavy (non-hydrogen) atoms. The summed E-state index contributed by atoms with van der Waals surface area (Å²) in [6.07, 6.45) is 5.55. The number of hydrogen-bond acceptors (Lipinski definition) is 4. The molecule has 1 atom stereocenters. The van der Waals surface area contributed by atoms with Crippen molar-refractivity contribution >= 4 is 5.91 Å². The van der Waals surface area contributed by atoms with Crippen LogP contribution in [0.3, 0.4) is 0 Å². The number of hydrogen-bond donors (Lipinski definition) is 0. The number of carbonyl (C=O) groups is 1. The average Bonchev–Trinajstić information content (AvgIpc) is 3.30. The molecule has 5 nitrogen and oxygen atoms in total. The number of ether oxygens (including phenoxy) is 2. The van der Waals surface area contributed by atoms with Gasteiger partial charge >= 0.3 is 0 Å². The van der Waals surface area contributed by atoms with Crippen LogP contribution < -0.4 is 0 Å². The maximum absolute atomic E-state index is 12.3. The minimum absolute atomic E-state index is 0.333. The van der Waals surface area contributed by atoms with E-state index in [4.69, 9.17) is 9.47 Å². The first-order chi connectivity index (χ1) is 11.2. The summed E-state index contributed by atoms with van der Waals surface area (Å²) >= 11 is 0. The maximum atomic E-state index is 12.3. The molecule has 3 aliphatic rings.